The minimum Gasteiger partial charge on any atom is -0.466 e. The SMILES string of the molecule is CCCCCCCC/C=C\CCCCCCCC(=O)OCCCCCCCCCCCCCCCCCCCCCCCCCCCCCCC. The van der Waals surface area contributed by atoms with Crippen molar-refractivity contribution in [1.29, 1.82) is 0 Å². The van der Waals surface area contributed by atoms with E-state index in [2.05, 4.69) is 26.0 Å². The van der Waals surface area contributed by atoms with Gasteiger partial charge in [0.25, 0.3) is 0 Å². The van der Waals surface area contributed by atoms with E-state index in [1.807, 2.05) is 0 Å². The van der Waals surface area contributed by atoms with Gasteiger partial charge in [-0.1, -0.05) is 257 Å². The summed E-state index contributed by atoms with van der Waals surface area (Å²) in [6.45, 7) is 5.21. The summed E-state index contributed by atoms with van der Waals surface area (Å²) in [5.41, 5.74) is 0. The van der Waals surface area contributed by atoms with Gasteiger partial charge >= 0.3 is 5.97 Å². The zero-order valence-electron chi connectivity index (χ0n) is 35.6. The highest BCUT2D eigenvalue weighted by Crippen LogP contribution is 2.17. The Morgan fingerprint density at radius 2 is 0.549 bits per heavy atom. The van der Waals surface area contributed by atoms with Crippen molar-refractivity contribution < 1.29 is 9.53 Å². The molecule has 0 bridgehead atoms. The third kappa shape index (κ3) is 47.2. The molecule has 0 fully saturated rings. The van der Waals surface area contributed by atoms with Gasteiger partial charge < -0.3 is 4.74 Å². The summed E-state index contributed by atoms with van der Waals surface area (Å²) in [6, 6.07) is 0. The Bertz CT molecular complexity index is 655. The van der Waals surface area contributed by atoms with Crippen molar-refractivity contribution in [1.82, 2.24) is 0 Å². The number of rotatable bonds is 45. The van der Waals surface area contributed by atoms with Crippen LogP contribution in [0, 0.1) is 0 Å². The minimum absolute atomic E-state index is 0.0212. The highest BCUT2D eigenvalue weighted by molar-refractivity contribution is 5.69. The van der Waals surface area contributed by atoms with E-state index in [1.54, 1.807) is 0 Å². The summed E-state index contributed by atoms with van der Waals surface area (Å²) in [7, 11) is 0. The quantitative estimate of drug-likeness (QED) is 0.0356. The fourth-order valence-electron chi connectivity index (χ4n) is 7.55. The van der Waals surface area contributed by atoms with E-state index in [1.165, 1.54) is 250 Å². The van der Waals surface area contributed by atoms with E-state index in [0.29, 0.717) is 13.0 Å². The van der Waals surface area contributed by atoms with Gasteiger partial charge in [0.1, 0.15) is 0 Å². The molecule has 0 aliphatic carbocycles. The number of unbranched alkanes of at least 4 members (excludes halogenated alkanes) is 39. The second-order valence-corrected chi connectivity index (χ2v) is 16.5. The predicted molar refractivity (Wildman–Crippen MR) is 230 cm³/mol. The van der Waals surface area contributed by atoms with Crippen molar-refractivity contribution in [2.45, 2.75) is 290 Å². The molecular formula is C49H96O2. The van der Waals surface area contributed by atoms with Crippen LogP contribution in [0.15, 0.2) is 12.2 Å². The largest absolute Gasteiger partial charge is 0.466 e. The van der Waals surface area contributed by atoms with Crippen molar-refractivity contribution in [3.63, 3.8) is 0 Å². The third-order valence-corrected chi connectivity index (χ3v) is 11.2. The van der Waals surface area contributed by atoms with Crippen molar-refractivity contribution in [3.8, 4) is 0 Å². The molecule has 0 aromatic rings. The Balaban J connectivity index is 3.15. The molecule has 2 heteroatoms. The van der Waals surface area contributed by atoms with Gasteiger partial charge in [-0.3, -0.25) is 4.79 Å². The molecular weight excluding hydrogens is 621 g/mol. The molecule has 0 radical (unpaired) electrons. The average molecular weight is 717 g/mol. The maximum absolute atomic E-state index is 12.0. The van der Waals surface area contributed by atoms with Gasteiger partial charge in [-0.05, 0) is 38.5 Å². The maximum Gasteiger partial charge on any atom is 0.305 e. The number of allylic oxidation sites excluding steroid dienone is 2. The molecule has 51 heavy (non-hydrogen) atoms. The molecule has 0 spiro atoms. The number of esters is 1. The van der Waals surface area contributed by atoms with E-state index in [4.69, 9.17) is 4.74 Å². The standard InChI is InChI=1S/C49H96O2/c1-3-5-7-9-11-13-15-17-19-20-21-22-23-24-25-26-27-28-29-30-31-32-34-36-38-40-42-44-46-48-51-49(50)47-45-43-41-39-37-35-33-18-16-14-12-10-8-6-4-2/h18,33H,3-17,19-32,34-48H2,1-2H3/b33-18-. The lowest BCUT2D eigenvalue weighted by molar-refractivity contribution is -0.143. The predicted octanol–water partition coefficient (Wildman–Crippen LogP) is 17.9. The lowest BCUT2D eigenvalue weighted by Gasteiger charge is -2.06. The second kappa shape index (κ2) is 47.2. The first-order valence-electron chi connectivity index (χ1n) is 24.1. The number of hydrogen-bond acceptors (Lipinski definition) is 2. The number of ether oxygens (including phenoxy) is 1. The van der Waals surface area contributed by atoms with Gasteiger partial charge in [-0.25, -0.2) is 0 Å². The van der Waals surface area contributed by atoms with Crippen LogP contribution in [0.3, 0.4) is 0 Å². The van der Waals surface area contributed by atoms with Crippen LogP contribution in [0.5, 0.6) is 0 Å². The average Bonchev–Trinajstić information content (AvgIpc) is 3.14. The van der Waals surface area contributed by atoms with Crippen LogP contribution in [0.2, 0.25) is 0 Å². The van der Waals surface area contributed by atoms with Crippen LogP contribution < -0.4 is 0 Å². The molecule has 0 aliphatic heterocycles. The Hall–Kier alpha value is -0.790. The zero-order valence-corrected chi connectivity index (χ0v) is 35.6. The fraction of sp³-hybridized carbons (Fsp3) is 0.939. The molecule has 0 N–H and O–H groups in total. The lowest BCUT2D eigenvalue weighted by atomic mass is 10.0. The van der Waals surface area contributed by atoms with E-state index in [0.717, 1.165) is 19.3 Å². The molecule has 2 nitrogen and oxygen atoms in total. The van der Waals surface area contributed by atoms with Crippen LogP contribution in [-0.2, 0) is 9.53 Å². The summed E-state index contributed by atoms with van der Waals surface area (Å²) >= 11 is 0. The fourth-order valence-corrected chi connectivity index (χ4v) is 7.55. The smallest absolute Gasteiger partial charge is 0.305 e. The van der Waals surface area contributed by atoms with Gasteiger partial charge in [-0.2, -0.15) is 0 Å². The van der Waals surface area contributed by atoms with Crippen molar-refractivity contribution >= 4 is 5.97 Å². The van der Waals surface area contributed by atoms with Gasteiger partial charge in [-0.15, -0.1) is 0 Å². The molecule has 0 aliphatic rings. The Morgan fingerprint density at radius 1 is 0.314 bits per heavy atom. The molecule has 0 atom stereocenters. The van der Waals surface area contributed by atoms with Crippen LogP contribution in [0.25, 0.3) is 0 Å². The van der Waals surface area contributed by atoms with Gasteiger partial charge in [0.15, 0.2) is 0 Å². The molecule has 0 rings (SSSR count). The molecule has 0 aromatic carbocycles. The summed E-state index contributed by atoms with van der Waals surface area (Å²) in [4.78, 5) is 12.0. The molecule has 0 saturated carbocycles. The molecule has 0 saturated heterocycles. The lowest BCUT2D eigenvalue weighted by Crippen LogP contribution is -2.05. The van der Waals surface area contributed by atoms with Gasteiger partial charge in [0, 0.05) is 6.42 Å². The highest BCUT2D eigenvalue weighted by Gasteiger charge is 2.03. The number of carbonyl (C=O) groups excluding carboxylic acids is 1. The first kappa shape index (κ1) is 50.2. The highest BCUT2D eigenvalue weighted by atomic mass is 16.5. The topological polar surface area (TPSA) is 26.3 Å². The second-order valence-electron chi connectivity index (χ2n) is 16.5. The molecule has 304 valence electrons. The Labute approximate surface area is 323 Å². The van der Waals surface area contributed by atoms with Crippen molar-refractivity contribution in [2.75, 3.05) is 6.61 Å². The Morgan fingerprint density at radius 3 is 0.843 bits per heavy atom. The van der Waals surface area contributed by atoms with Gasteiger partial charge in [0.2, 0.25) is 0 Å². The molecule has 0 heterocycles. The Kier molecular flexibility index (Phi) is 46.5. The van der Waals surface area contributed by atoms with E-state index in [9.17, 15) is 4.79 Å². The minimum atomic E-state index is 0.0212. The molecule has 0 unspecified atom stereocenters. The number of carbonyl (C=O) groups is 1. The summed E-state index contributed by atoms with van der Waals surface area (Å²) < 4.78 is 5.47. The maximum atomic E-state index is 12.0. The number of hydrogen-bond donors (Lipinski definition) is 0. The zero-order chi connectivity index (χ0) is 36.8. The van der Waals surface area contributed by atoms with Crippen molar-refractivity contribution in [3.05, 3.63) is 12.2 Å². The third-order valence-electron chi connectivity index (χ3n) is 11.2. The van der Waals surface area contributed by atoms with E-state index >= 15 is 0 Å². The van der Waals surface area contributed by atoms with Gasteiger partial charge in [0.05, 0.1) is 6.61 Å². The molecule has 0 aromatic heterocycles. The summed E-state index contributed by atoms with van der Waals surface area (Å²) in [6.07, 6.45) is 63.5. The first-order valence-corrected chi connectivity index (χ1v) is 24.1. The van der Waals surface area contributed by atoms with E-state index in [-0.39, 0.29) is 5.97 Å². The normalized spacial score (nSPS) is 11.6. The van der Waals surface area contributed by atoms with Crippen LogP contribution in [-0.4, -0.2) is 12.6 Å². The van der Waals surface area contributed by atoms with Crippen LogP contribution >= 0.6 is 0 Å². The first-order chi connectivity index (χ1) is 25.3. The van der Waals surface area contributed by atoms with Crippen LogP contribution in [0.4, 0.5) is 0 Å². The molecule has 0 amide bonds. The monoisotopic (exact) mass is 717 g/mol. The van der Waals surface area contributed by atoms with Crippen LogP contribution in [0.1, 0.15) is 290 Å². The summed E-state index contributed by atoms with van der Waals surface area (Å²) in [5.74, 6) is 0.0212. The summed E-state index contributed by atoms with van der Waals surface area (Å²) in [5, 5.41) is 0. The van der Waals surface area contributed by atoms with E-state index < -0.39 is 0 Å². The van der Waals surface area contributed by atoms with Crippen molar-refractivity contribution in [2.24, 2.45) is 0 Å².